The number of nitrogens with one attached hydrogen (secondary N) is 1. The fourth-order valence-electron chi connectivity index (χ4n) is 4.03. The summed E-state index contributed by atoms with van der Waals surface area (Å²) in [6.45, 7) is 9.09. The molecular formula is C21H31N9. The smallest absolute Gasteiger partial charge is 0.228 e. The highest BCUT2D eigenvalue weighted by Crippen LogP contribution is 2.30. The van der Waals surface area contributed by atoms with Crippen molar-refractivity contribution in [1.82, 2.24) is 34.6 Å². The van der Waals surface area contributed by atoms with Crippen LogP contribution >= 0.6 is 0 Å². The van der Waals surface area contributed by atoms with Gasteiger partial charge in [0.15, 0.2) is 5.82 Å². The number of rotatable bonds is 6. The molecule has 9 nitrogen and oxygen atoms in total. The van der Waals surface area contributed by atoms with E-state index >= 15 is 0 Å². The molecule has 1 saturated heterocycles. The molecule has 0 spiro atoms. The minimum absolute atomic E-state index is 0.430. The largest absolute Gasteiger partial charge is 0.341 e. The van der Waals surface area contributed by atoms with Crippen LogP contribution in [0, 0.1) is 6.92 Å². The van der Waals surface area contributed by atoms with Crippen LogP contribution in [0.25, 0.3) is 11.0 Å². The maximum Gasteiger partial charge on any atom is 0.228 e. The number of fused-ring (bicyclic) bond motifs is 1. The van der Waals surface area contributed by atoms with Crippen LogP contribution in [0.15, 0.2) is 12.4 Å². The number of hydrogen-bond donors (Lipinski definition) is 1. The Hall–Kier alpha value is -2.81. The van der Waals surface area contributed by atoms with E-state index < -0.39 is 0 Å². The monoisotopic (exact) mass is 409 g/mol. The van der Waals surface area contributed by atoms with Crippen molar-refractivity contribution in [2.75, 3.05) is 37.4 Å². The molecule has 9 heteroatoms. The molecule has 0 amide bonds. The molecule has 30 heavy (non-hydrogen) atoms. The molecule has 0 aliphatic carbocycles. The standard InChI is InChI=1S/C21H31N9/c1-6-16-18-19(30(7-2)27-16)20(24-17-12-14(3)22-13-23-17)26-21(25-18)29(5)15-8-10-28(4)11-9-15/h12-13,15H,6-11H2,1-5H3,(H,22,23,24,25,26). The number of aromatic nitrogens is 6. The van der Waals surface area contributed by atoms with Gasteiger partial charge in [0.05, 0.1) is 5.69 Å². The fraction of sp³-hybridized carbons (Fsp3) is 0.571. The number of piperidine rings is 1. The van der Waals surface area contributed by atoms with Crippen molar-refractivity contribution in [3.05, 3.63) is 23.8 Å². The van der Waals surface area contributed by atoms with Crippen LogP contribution in [-0.4, -0.2) is 67.8 Å². The first-order valence-corrected chi connectivity index (χ1v) is 10.7. The molecule has 0 atom stereocenters. The van der Waals surface area contributed by atoms with E-state index in [9.17, 15) is 0 Å². The lowest BCUT2D eigenvalue weighted by molar-refractivity contribution is 0.252. The Labute approximate surface area is 177 Å². The number of likely N-dealkylation sites (tertiary alicyclic amines) is 1. The summed E-state index contributed by atoms with van der Waals surface area (Å²) in [5, 5.41) is 8.19. The SMILES string of the molecule is CCc1nn(CC)c2c(Nc3cc(C)ncn3)nc(N(C)C3CCN(C)CC3)nc12. The summed E-state index contributed by atoms with van der Waals surface area (Å²) < 4.78 is 1.98. The molecule has 160 valence electrons. The Morgan fingerprint density at radius 2 is 1.93 bits per heavy atom. The molecule has 1 fully saturated rings. The van der Waals surface area contributed by atoms with Crippen molar-refractivity contribution in [2.24, 2.45) is 0 Å². The molecule has 4 heterocycles. The van der Waals surface area contributed by atoms with Gasteiger partial charge in [-0.3, -0.25) is 4.68 Å². The van der Waals surface area contributed by atoms with E-state index in [2.05, 4.69) is 53.0 Å². The first-order valence-electron chi connectivity index (χ1n) is 10.7. The lowest BCUT2D eigenvalue weighted by Gasteiger charge is -2.35. The second-order valence-electron chi connectivity index (χ2n) is 8.00. The van der Waals surface area contributed by atoms with Gasteiger partial charge in [-0.25, -0.2) is 15.0 Å². The maximum absolute atomic E-state index is 4.97. The van der Waals surface area contributed by atoms with Crippen molar-refractivity contribution in [2.45, 2.75) is 52.6 Å². The van der Waals surface area contributed by atoms with Crippen LogP contribution in [0.2, 0.25) is 0 Å². The second kappa shape index (κ2) is 8.51. The molecule has 1 aliphatic heterocycles. The van der Waals surface area contributed by atoms with E-state index in [0.717, 1.165) is 78.9 Å². The Kier molecular flexibility index (Phi) is 5.80. The van der Waals surface area contributed by atoms with E-state index in [0.29, 0.717) is 6.04 Å². The zero-order valence-corrected chi connectivity index (χ0v) is 18.6. The molecule has 0 unspecified atom stereocenters. The van der Waals surface area contributed by atoms with E-state index in [1.807, 2.05) is 17.7 Å². The van der Waals surface area contributed by atoms with Crippen molar-refractivity contribution in [3.63, 3.8) is 0 Å². The Morgan fingerprint density at radius 1 is 1.17 bits per heavy atom. The van der Waals surface area contributed by atoms with Gasteiger partial charge in [0.25, 0.3) is 0 Å². The van der Waals surface area contributed by atoms with Crippen LogP contribution in [0.1, 0.15) is 38.1 Å². The van der Waals surface area contributed by atoms with Gasteiger partial charge in [0.1, 0.15) is 23.2 Å². The lowest BCUT2D eigenvalue weighted by atomic mass is 10.0. The predicted octanol–water partition coefficient (Wildman–Crippen LogP) is 2.78. The van der Waals surface area contributed by atoms with Crippen molar-refractivity contribution < 1.29 is 0 Å². The third-order valence-corrected chi connectivity index (χ3v) is 5.88. The quantitative estimate of drug-likeness (QED) is 0.665. The van der Waals surface area contributed by atoms with Crippen LogP contribution in [0.5, 0.6) is 0 Å². The minimum Gasteiger partial charge on any atom is -0.341 e. The maximum atomic E-state index is 4.97. The van der Waals surface area contributed by atoms with Crippen molar-refractivity contribution in [1.29, 1.82) is 0 Å². The summed E-state index contributed by atoms with van der Waals surface area (Å²) in [5.41, 5.74) is 3.73. The van der Waals surface area contributed by atoms with Crippen LogP contribution in [0.4, 0.5) is 17.6 Å². The Bertz CT molecular complexity index is 1020. The van der Waals surface area contributed by atoms with Gasteiger partial charge in [0, 0.05) is 31.4 Å². The van der Waals surface area contributed by atoms with Gasteiger partial charge in [-0.05, 0) is 53.2 Å². The minimum atomic E-state index is 0.430. The van der Waals surface area contributed by atoms with E-state index in [-0.39, 0.29) is 0 Å². The molecule has 3 aromatic rings. The number of nitrogens with zero attached hydrogens (tertiary/aromatic N) is 8. The van der Waals surface area contributed by atoms with Crippen LogP contribution in [-0.2, 0) is 13.0 Å². The summed E-state index contributed by atoms with van der Waals surface area (Å²) in [5.74, 6) is 2.19. The van der Waals surface area contributed by atoms with Gasteiger partial charge < -0.3 is 15.1 Å². The van der Waals surface area contributed by atoms with Crippen molar-refractivity contribution >= 4 is 28.6 Å². The molecule has 1 aliphatic rings. The zero-order valence-electron chi connectivity index (χ0n) is 18.6. The average molecular weight is 410 g/mol. The first-order chi connectivity index (χ1) is 14.5. The molecule has 3 aromatic heterocycles. The summed E-state index contributed by atoms with van der Waals surface area (Å²) in [4.78, 5) is 23.1. The van der Waals surface area contributed by atoms with Crippen molar-refractivity contribution in [3.8, 4) is 0 Å². The topological polar surface area (TPSA) is 87.9 Å². The lowest BCUT2D eigenvalue weighted by Crippen LogP contribution is -2.42. The fourth-order valence-corrected chi connectivity index (χ4v) is 4.03. The summed E-state index contributed by atoms with van der Waals surface area (Å²) >= 11 is 0. The predicted molar refractivity (Wildman–Crippen MR) is 119 cm³/mol. The van der Waals surface area contributed by atoms with Crippen LogP contribution < -0.4 is 10.2 Å². The van der Waals surface area contributed by atoms with Gasteiger partial charge >= 0.3 is 0 Å². The molecule has 0 saturated carbocycles. The number of anilines is 3. The Morgan fingerprint density at radius 3 is 2.60 bits per heavy atom. The highest BCUT2D eigenvalue weighted by atomic mass is 15.3. The van der Waals surface area contributed by atoms with Crippen LogP contribution in [0.3, 0.4) is 0 Å². The van der Waals surface area contributed by atoms with E-state index in [1.54, 1.807) is 6.33 Å². The normalized spacial score (nSPS) is 15.6. The van der Waals surface area contributed by atoms with E-state index in [1.165, 1.54) is 0 Å². The van der Waals surface area contributed by atoms with Gasteiger partial charge in [-0.1, -0.05) is 6.92 Å². The summed E-state index contributed by atoms with van der Waals surface area (Å²) in [6.07, 6.45) is 4.61. The molecule has 0 radical (unpaired) electrons. The highest BCUT2D eigenvalue weighted by Gasteiger charge is 2.25. The summed E-state index contributed by atoms with van der Waals surface area (Å²) in [6, 6.07) is 2.35. The third kappa shape index (κ3) is 3.94. The van der Waals surface area contributed by atoms with Gasteiger partial charge in [-0.15, -0.1) is 0 Å². The summed E-state index contributed by atoms with van der Waals surface area (Å²) in [7, 11) is 4.28. The average Bonchev–Trinajstić information content (AvgIpc) is 3.12. The zero-order chi connectivity index (χ0) is 21.3. The second-order valence-corrected chi connectivity index (χ2v) is 8.00. The van der Waals surface area contributed by atoms with Gasteiger partial charge in [0.2, 0.25) is 5.95 Å². The third-order valence-electron chi connectivity index (χ3n) is 5.88. The molecule has 1 N–H and O–H groups in total. The highest BCUT2D eigenvalue weighted by molar-refractivity contribution is 5.90. The Balaban J connectivity index is 1.79. The molecule has 0 aromatic carbocycles. The number of hydrogen-bond acceptors (Lipinski definition) is 8. The molecular weight excluding hydrogens is 378 g/mol. The molecule has 0 bridgehead atoms. The van der Waals surface area contributed by atoms with Gasteiger partial charge in [-0.2, -0.15) is 10.1 Å². The van der Waals surface area contributed by atoms with E-state index in [4.69, 9.17) is 15.1 Å². The first kappa shape index (κ1) is 20.5. The number of aryl methyl sites for hydroxylation is 3. The molecule has 4 rings (SSSR count).